The Morgan fingerprint density at radius 2 is 2.16 bits per heavy atom. The van der Waals surface area contributed by atoms with Gasteiger partial charge in [0.25, 0.3) is 5.91 Å². The minimum absolute atomic E-state index is 0.196. The van der Waals surface area contributed by atoms with Gasteiger partial charge in [0.15, 0.2) is 0 Å². The molecule has 0 spiro atoms. The number of carbonyl (C=O) groups excluding carboxylic acids is 1. The first-order chi connectivity index (χ1) is 9.15. The second-order valence-electron chi connectivity index (χ2n) is 4.20. The number of hydrogen-bond donors (Lipinski definition) is 0. The van der Waals surface area contributed by atoms with Crippen LogP contribution >= 0.6 is 11.6 Å². The van der Waals surface area contributed by atoms with Gasteiger partial charge >= 0.3 is 0 Å². The van der Waals surface area contributed by atoms with Crippen LogP contribution in [-0.4, -0.2) is 22.4 Å². The largest absolute Gasteiger partial charge is 0.306 e. The molecule has 1 aromatic carbocycles. The van der Waals surface area contributed by atoms with Gasteiger partial charge in [0.1, 0.15) is 16.7 Å². The Labute approximate surface area is 113 Å². The topological polar surface area (TPSA) is 46.1 Å². The van der Waals surface area contributed by atoms with Crippen molar-refractivity contribution in [1.82, 2.24) is 9.97 Å². The first-order valence-electron chi connectivity index (χ1n) is 5.73. The molecular weight excluding hydrogens is 269 g/mol. The fraction of sp³-hybridized carbons (Fsp3) is 0.154. The van der Waals surface area contributed by atoms with Crippen LogP contribution in [-0.2, 0) is 6.42 Å². The number of anilines is 1. The normalized spacial score (nSPS) is 13.5. The van der Waals surface area contributed by atoms with E-state index in [2.05, 4.69) is 9.97 Å². The van der Waals surface area contributed by atoms with Crippen molar-refractivity contribution in [1.29, 1.82) is 0 Å². The molecule has 0 saturated carbocycles. The van der Waals surface area contributed by atoms with Crippen molar-refractivity contribution in [2.75, 3.05) is 11.4 Å². The highest BCUT2D eigenvalue weighted by molar-refractivity contribution is 6.29. The summed E-state index contributed by atoms with van der Waals surface area (Å²) in [5.74, 6) is -0.658. The van der Waals surface area contributed by atoms with Gasteiger partial charge in [0, 0.05) is 6.54 Å². The van der Waals surface area contributed by atoms with Gasteiger partial charge in [0.2, 0.25) is 0 Å². The molecule has 2 heterocycles. The van der Waals surface area contributed by atoms with Crippen molar-refractivity contribution in [3.63, 3.8) is 0 Å². The first kappa shape index (κ1) is 12.0. The lowest BCUT2D eigenvalue weighted by Gasteiger charge is -2.16. The number of nitrogens with zero attached hydrogens (tertiary/aromatic N) is 3. The Hall–Kier alpha value is -2.01. The lowest BCUT2D eigenvalue weighted by Crippen LogP contribution is -2.29. The first-order valence-corrected chi connectivity index (χ1v) is 6.11. The molecule has 0 atom stereocenters. The van der Waals surface area contributed by atoms with Gasteiger partial charge in [-0.1, -0.05) is 17.7 Å². The van der Waals surface area contributed by atoms with E-state index in [1.165, 1.54) is 29.4 Å². The fourth-order valence-corrected chi connectivity index (χ4v) is 2.22. The van der Waals surface area contributed by atoms with Crippen LogP contribution in [0.3, 0.4) is 0 Å². The molecule has 0 saturated heterocycles. The van der Waals surface area contributed by atoms with Gasteiger partial charge in [-0.2, -0.15) is 0 Å². The third kappa shape index (κ3) is 2.17. The third-order valence-electron chi connectivity index (χ3n) is 3.03. The molecule has 96 valence electrons. The van der Waals surface area contributed by atoms with Crippen LogP contribution in [0.1, 0.15) is 16.1 Å². The molecule has 1 aliphatic heterocycles. The Balaban J connectivity index is 1.95. The van der Waals surface area contributed by atoms with Gasteiger partial charge in [-0.15, -0.1) is 0 Å². The summed E-state index contributed by atoms with van der Waals surface area (Å²) in [5.41, 5.74) is 1.75. The van der Waals surface area contributed by atoms with Crippen LogP contribution < -0.4 is 4.90 Å². The number of benzene rings is 1. The van der Waals surface area contributed by atoms with Crippen molar-refractivity contribution >= 4 is 23.2 Å². The minimum Gasteiger partial charge on any atom is -0.306 e. The Morgan fingerprint density at radius 3 is 2.89 bits per heavy atom. The average Bonchev–Trinajstić information content (AvgIpc) is 2.81. The second-order valence-corrected chi connectivity index (χ2v) is 4.59. The Bertz CT molecular complexity index is 645. The summed E-state index contributed by atoms with van der Waals surface area (Å²) in [6.45, 7) is 0.516. The van der Waals surface area contributed by atoms with E-state index in [0.717, 1.165) is 5.56 Å². The SMILES string of the molecule is O=C(c1cnc(Cl)cn1)N1CCc2ccc(F)cc21. The molecule has 1 aromatic heterocycles. The van der Waals surface area contributed by atoms with E-state index in [9.17, 15) is 9.18 Å². The van der Waals surface area contributed by atoms with Gasteiger partial charge in [-0.25, -0.2) is 14.4 Å². The Morgan fingerprint density at radius 1 is 1.32 bits per heavy atom. The summed E-state index contributed by atoms with van der Waals surface area (Å²) < 4.78 is 13.3. The van der Waals surface area contributed by atoms with Crippen LogP contribution in [0, 0.1) is 5.82 Å². The van der Waals surface area contributed by atoms with E-state index in [1.807, 2.05) is 0 Å². The highest BCUT2D eigenvalue weighted by Crippen LogP contribution is 2.29. The quantitative estimate of drug-likeness (QED) is 0.804. The zero-order valence-electron chi connectivity index (χ0n) is 9.81. The molecule has 2 aromatic rings. The van der Waals surface area contributed by atoms with E-state index in [0.29, 0.717) is 18.7 Å². The number of aromatic nitrogens is 2. The van der Waals surface area contributed by atoms with Crippen molar-refractivity contribution in [3.8, 4) is 0 Å². The number of rotatable bonds is 1. The van der Waals surface area contributed by atoms with E-state index >= 15 is 0 Å². The molecule has 19 heavy (non-hydrogen) atoms. The lowest BCUT2D eigenvalue weighted by atomic mass is 10.2. The molecule has 6 heteroatoms. The maximum Gasteiger partial charge on any atom is 0.278 e. The zero-order valence-corrected chi connectivity index (χ0v) is 10.6. The predicted octanol–water partition coefficient (Wildman–Crippen LogP) is 2.47. The van der Waals surface area contributed by atoms with Crippen LogP contribution in [0.5, 0.6) is 0 Å². The fourth-order valence-electron chi connectivity index (χ4n) is 2.12. The van der Waals surface area contributed by atoms with Crippen LogP contribution in [0.4, 0.5) is 10.1 Å². The van der Waals surface area contributed by atoms with Crippen molar-refractivity contribution in [2.24, 2.45) is 0 Å². The zero-order chi connectivity index (χ0) is 13.4. The number of amides is 1. The highest BCUT2D eigenvalue weighted by atomic mass is 35.5. The summed E-state index contributed by atoms with van der Waals surface area (Å²) in [6.07, 6.45) is 3.35. The summed E-state index contributed by atoms with van der Waals surface area (Å²) in [5, 5.41) is 0.226. The van der Waals surface area contributed by atoms with Crippen molar-refractivity contribution in [3.05, 3.63) is 52.8 Å². The van der Waals surface area contributed by atoms with Gasteiger partial charge < -0.3 is 4.90 Å². The average molecular weight is 278 g/mol. The lowest BCUT2D eigenvalue weighted by molar-refractivity contribution is 0.0984. The van der Waals surface area contributed by atoms with E-state index in [1.54, 1.807) is 6.07 Å². The van der Waals surface area contributed by atoms with Crippen molar-refractivity contribution < 1.29 is 9.18 Å². The minimum atomic E-state index is -0.361. The highest BCUT2D eigenvalue weighted by Gasteiger charge is 2.26. The predicted molar refractivity (Wildman–Crippen MR) is 68.8 cm³/mol. The molecule has 0 radical (unpaired) electrons. The molecular formula is C13H9ClFN3O. The van der Waals surface area contributed by atoms with Crippen LogP contribution in [0.25, 0.3) is 0 Å². The molecule has 0 N–H and O–H groups in total. The van der Waals surface area contributed by atoms with Crippen LogP contribution in [0.2, 0.25) is 5.15 Å². The summed E-state index contributed by atoms with van der Waals surface area (Å²) >= 11 is 5.63. The molecule has 0 unspecified atom stereocenters. The number of fused-ring (bicyclic) bond motifs is 1. The maximum absolute atomic E-state index is 13.3. The molecule has 1 amide bonds. The molecule has 0 bridgehead atoms. The van der Waals surface area contributed by atoms with Crippen LogP contribution in [0.15, 0.2) is 30.6 Å². The summed E-state index contributed by atoms with van der Waals surface area (Å²) in [4.78, 5) is 21.6. The molecule has 0 aliphatic carbocycles. The molecule has 0 fully saturated rings. The molecule has 1 aliphatic rings. The smallest absolute Gasteiger partial charge is 0.278 e. The molecule has 3 rings (SSSR count). The summed E-state index contributed by atoms with van der Waals surface area (Å²) in [6, 6.07) is 4.46. The second kappa shape index (κ2) is 4.59. The van der Waals surface area contributed by atoms with Gasteiger partial charge in [0.05, 0.1) is 18.1 Å². The third-order valence-corrected chi connectivity index (χ3v) is 3.22. The monoisotopic (exact) mass is 277 g/mol. The van der Waals surface area contributed by atoms with Gasteiger partial charge in [-0.3, -0.25) is 4.79 Å². The number of halogens is 2. The van der Waals surface area contributed by atoms with Crippen molar-refractivity contribution in [2.45, 2.75) is 6.42 Å². The van der Waals surface area contributed by atoms with E-state index in [4.69, 9.17) is 11.6 Å². The standard InChI is InChI=1S/C13H9ClFN3O/c14-12-7-16-10(6-17-12)13(19)18-4-3-8-1-2-9(15)5-11(8)18/h1-2,5-7H,3-4H2. The summed E-state index contributed by atoms with van der Waals surface area (Å²) in [7, 11) is 0. The van der Waals surface area contributed by atoms with E-state index in [-0.39, 0.29) is 22.6 Å². The van der Waals surface area contributed by atoms with E-state index < -0.39 is 0 Å². The van der Waals surface area contributed by atoms with Gasteiger partial charge in [-0.05, 0) is 24.1 Å². The maximum atomic E-state index is 13.3. The number of carbonyl (C=O) groups is 1. The molecule has 4 nitrogen and oxygen atoms in total. The number of hydrogen-bond acceptors (Lipinski definition) is 3. The Kier molecular flexibility index (Phi) is 2.91.